The smallest absolute Gasteiger partial charge is 0.370 e. The molecule has 124 valence electrons. The number of ether oxygens (including phenoxy) is 2. The van der Waals surface area contributed by atoms with Gasteiger partial charge in [-0.05, 0) is 18.4 Å². The third-order valence-electron chi connectivity index (χ3n) is 3.35. The lowest BCUT2D eigenvalue weighted by atomic mass is 10.1. The van der Waals surface area contributed by atoms with Gasteiger partial charge in [0, 0.05) is 19.6 Å². The Hall–Kier alpha value is -1.88. The fraction of sp³-hybridized carbons (Fsp3) is 0.312. The van der Waals surface area contributed by atoms with Crippen molar-refractivity contribution in [2.24, 2.45) is 0 Å². The van der Waals surface area contributed by atoms with E-state index < -0.39 is 19.4 Å². The van der Waals surface area contributed by atoms with Gasteiger partial charge in [0.2, 0.25) is 0 Å². The molecule has 0 aliphatic carbocycles. The minimum Gasteiger partial charge on any atom is -0.481 e. The monoisotopic (exact) mass is 338 g/mol. The van der Waals surface area contributed by atoms with Crippen LogP contribution in [0.25, 0.3) is 10.8 Å². The number of hydrogen-bond acceptors (Lipinski definition) is 6. The largest absolute Gasteiger partial charge is 0.481 e. The summed E-state index contributed by atoms with van der Waals surface area (Å²) in [5, 5.41) is 1.91. The maximum absolute atomic E-state index is 12.1. The predicted octanol–water partition coefficient (Wildman–Crippen LogP) is 3.59. The minimum atomic E-state index is -3.46. The number of fused-ring (bicyclic) bond motifs is 1. The molecule has 0 heterocycles. The van der Waals surface area contributed by atoms with Gasteiger partial charge in [-0.2, -0.15) is 0 Å². The first-order valence-electron chi connectivity index (χ1n) is 7.01. The number of carbonyl (C=O) groups is 1. The molecule has 1 atom stereocenters. The summed E-state index contributed by atoms with van der Waals surface area (Å²) < 4.78 is 32.2. The van der Waals surface area contributed by atoms with Gasteiger partial charge in [-0.15, -0.1) is 0 Å². The van der Waals surface area contributed by atoms with E-state index in [0.29, 0.717) is 5.75 Å². The van der Waals surface area contributed by atoms with Crippen LogP contribution in [0.4, 0.5) is 0 Å². The van der Waals surface area contributed by atoms with Gasteiger partial charge in [-0.3, -0.25) is 4.57 Å². The van der Waals surface area contributed by atoms with Crippen molar-refractivity contribution in [2.75, 3.05) is 20.8 Å². The molecule has 23 heavy (non-hydrogen) atoms. The Bertz CT molecular complexity index is 716. The molecular weight excluding hydrogens is 319 g/mol. The molecule has 0 aliphatic rings. The Morgan fingerprint density at radius 3 is 2.43 bits per heavy atom. The van der Waals surface area contributed by atoms with E-state index in [2.05, 4.69) is 0 Å². The van der Waals surface area contributed by atoms with E-state index in [0.717, 1.165) is 10.8 Å². The fourth-order valence-corrected chi connectivity index (χ4v) is 3.11. The Kier molecular flexibility index (Phi) is 5.77. The molecule has 2 aromatic rings. The fourth-order valence-electron chi connectivity index (χ4n) is 2.12. The molecule has 6 nitrogen and oxygen atoms in total. The van der Waals surface area contributed by atoms with Crippen LogP contribution in [0.3, 0.4) is 0 Å². The van der Waals surface area contributed by atoms with Crippen molar-refractivity contribution in [2.45, 2.75) is 12.8 Å². The average Bonchev–Trinajstić information content (AvgIpc) is 2.59. The molecule has 0 amide bonds. The number of hydrogen-bond donors (Lipinski definition) is 0. The van der Waals surface area contributed by atoms with Crippen molar-refractivity contribution in [3.05, 3.63) is 42.5 Å². The summed E-state index contributed by atoms with van der Waals surface area (Å²) in [5.74, 6) is -1.09. The van der Waals surface area contributed by atoms with Gasteiger partial charge in [-0.25, -0.2) is 4.79 Å². The normalized spacial score (nSPS) is 12.8. The summed E-state index contributed by atoms with van der Waals surface area (Å²) in [7, 11) is -0.985. The van der Waals surface area contributed by atoms with Crippen LogP contribution in [-0.2, 0) is 23.1 Å². The molecule has 0 bridgehead atoms. The van der Waals surface area contributed by atoms with Crippen LogP contribution in [0.15, 0.2) is 42.5 Å². The highest BCUT2D eigenvalue weighted by Crippen LogP contribution is 2.51. The highest BCUT2D eigenvalue weighted by molar-refractivity contribution is 7.54. The molecule has 0 aromatic heterocycles. The Morgan fingerprint density at radius 1 is 1.09 bits per heavy atom. The number of rotatable bonds is 7. The summed E-state index contributed by atoms with van der Waals surface area (Å²) in [5.41, 5.74) is 0. The third kappa shape index (κ3) is 4.10. The molecule has 0 N–H and O–H groups in total. The third-order valence-corrected chi connectivity index (χ3v) is 5.37. The minimum absolute atomic E-state index is 0.300. The molecule has 1 unspecified atom stereocenters. The van der Waals surface area contributed by atoms with Gasteiger partial charge < -0.3 is 18.5 Å². The second-order valence-corrected chi connectivity index (χ2v) is 7.30. The van der Waals surface area contributed by atoms with Gasteiger partial charge in [0.25, 0.3) is 0 Å². The molecular formula is C16H19O6P. The van der Waals surface area contributed by atoms with Crippen molar-refractivity contribution in [1.82, 2.24) is 0 Å². The van der Waals surface area contributed by atoms with Gasteiger partial charge in [0.1, 0.15) is 5.75 Å². The van der Waals surface area contributed by atoms with Crippen LogP contribution in [-0.4, -0.2) is 32.6 Å². The highest BCUT2D eigenvalue weighted by atomic mass is 31.2. The number of benzene rings is 2. The lowest BCUT2D eigenvalue weighted by Crippen LogP contribution is -2.21. The van der Waals surface area contributed by atoms with Crippen LogP contribution in [0.2, 0.25) is 0 Å². The van der Waals surface area contributed by atoms with E-state index in [-0.39, 0.29) is 6.61 Å². The van der Waals surface area contributed by atoms with Gasteiger partial charge in [0.15, 0.2) is 12.5 Å². The van der Waals surface area contributed by atoms with E-state index in [4.69, 9.17) is 18.5 Å². The maximum atomic E-state index is 12.1. The lowest BCUT2D eigenvalue weighted by molar-refractivity contribution is -0.148. The maximum Gasteiger partial charge on any atom is 0.370 e. The van der Waals surface area contributed by atoms with Gasteiger partial charge >= 0.3 is 13.6 Å². The number of carbonyl (C=O) groups excluding carboxylic acids is 1. The van der Waals surface area contributed by atoms with Crippen molar-refractivity contribution in [1.29, 1.82) is 0 Å². The van der Waals surface area contributed by atoms with Crippen LogP contribution in [0.1, 0.15) is 6.92 Å². The topological polar surface area (TPSA) is 71.1 Å². The standard InChI is InChI=1S/C16H19O6P/c1-12(23(18,19-2)20-3)22-16(17)11-21-15-10-6-8-13-7-4-5-9-14(13)15/h4-10,12H,11H2,1-3H3. The molecule has 0 fully saturated rings. The first kappa shape index (κ1) is 17.5. The first-order valence-corrected chi connectivity index (χ1v) is 8.62. The van der Waals surface area contributed by atoms with Gasteiger partial charge in [-0.1, -0.05) is 36.4 Å². The predicted molar refractivity (Wildman–Crippen MR) is 86.6 cm³/mol. The Balaban J connectivity index is 2.00. The molecule has 0 saturated heterocycles. The van der Waals surface area contributed by atoms with Crippen LogP contribution >= 0.6 is 7.60 Å². The summed E-state index contributed by atoms with van der Waals surface area (Å²) in [6.07, 6.45) is 0. The zero-order chi connectivity index (χ0) is 16.9. The zero-order valence-corrected chi connectivity index (χ0v) is 14.1. The quantitative estimate of drug-likeness (QED) is 0.567. The average molecular weight is 338 g/mol. The molecule has 7 heteroatoms. The molecule has 0 saturated carbocycles. The van der Waals surface area contributed by atoms with Crippen LogP contribution in [0.5, 0.6) is 5.75 Å². The highest BCUT2D eigenvalue weighted by Gasteiger charge is 2.33. The van der Waals surface area contributed by atoms with Gasteiger partial charge in [0.05, 0.1) is 0 Å². The van der Waals surface area contributed by atoms with Crippen molar-refractivity contribution >= 4 is 24.3 Å². The van der Waals surface area contributed by atoms with E-state index in [9.17, 15) is 9.36 Å². The van der Waals surface area contributed by atoms with Crippen molar-refractivity contribution in [3.63, 3.8) is 0 Å². The van der Waals surface area contributed by atoms with Crippen LogP contribution in [0, 0.1) is 0 Å². The summed E-state index contributed by atoms with van der Waals surface area (Å²) >= 11 is 0. The molecule has 0 radical (unpaired) electrons. The number of esters is 1. The Morgan fingerprint density at radius 2 is 1.74 bits per heavy atom. The summed E-state index contributed by atoms with van der Waals surface area (Å²) in [6.45, 7) is 1.15. The Labute approximate surface area is 134 Å². The van der Waals surface area contributed by atoms with E-state index >= 15 is 0 Å². The summed E-state index contributed by atoms with van der Waals surface area (Å²) in [6, 6.07) is 13.2. The molecule has 0 spiro atoms. The second-order valence-electron chi connectivity index (χ2n) is 4.76. The molecule has 0 aliphatic heterocycles. The van der Waals surface area contributed by atoms with E-state index in [1.54, 1.807) is 6.07 Å². The first-order chi connectivity index (χ1) is 11.0. The SMILES string of the molecule is COP(=O)(OC)C(C)OC(=O)COc1cccc2ccccc12. The van der Waals surface area contributed by atoms with E-state index in [1.807, 2.05) is 36.4 Å². The van der Waals surface area contributed by atoms with Crippen LogP contribution < -0.4 is 4.74 Å². The summed E-state index contributed by atoms with van der Waals surface area (Å²) in [4.78, 5) is 11.9. The second kappa shape index (κ2) is 7.59. The van der Waals surface area contributed by atoms with Crippen molar-refractivity contribution in [3.8, 4) is 5.75 Å². The molecule has 2 rings (SSSR count). The van der Waals surface area contributed by atoms with E-state index in [1.165, 1.54) is 21.1 Å². The zero-order valence-electron chi connectivity index (χ0n) is 13.2. The molecule has 2 aromatic carbocycles. The van der Waals surface area contributed by atoms with Crippen molar-refractivity contribution < 1.29 is 27.9 Å². The lowest BCUT2D eigenvalue weighted by Gasteiger charge is -2.20.